The molecule has 0 radical (unpaired) electrons. The maximum atomic E-state index is 4.08. The van der Waals surface area contributed by atoms with Crippen LogP contribution in [0.2, 0.25) is 0 Å². The Morgan fingerprint density at radius 3 is 2.78 bits per heavy atom. The fourth-order valence-electron chi connectivity index (χ4n) is 2.57. The fourth-order valence-corrected chi connectivity index (χ4v) is 2.57. The highest BCUT2D eigenvalue weighted by Gasteiger charge is 2.18. The van der Waals surface area contributed by atoms with Gasteiger partial charge in [-0.05, 0) is 51.4 Å². The Balaban J connectivity index is 1.58. The van der Waals surface area contributed by atoms with E-state index in [9.17, 15) is 0 Å². The summed E-state index contributed by atoms with van der Waals surface area (Å²) in [5.41, 5.74) is 0. The van der Waals surface area contributed by atoms with Crippen LogP contribution in [-0.4, -0.2) is 47.2 Å². The second-order valence-corrected chi connectivity index (χ2v) is 5.29. The molecule has 1 aromatic heterocycles. The van der Waals surface area contributed by atoms with Crippen LogP contribution in [0.15, 0.2) is 18.7 Å². The number of likely N-dealkylation sites (tertiary alicyclic amines) is 1. The molecule has 1 aromatic rings. The first-order chi connectivity index (χ1) is 8.88. The Morgan fingerprint density at radius 2 is 2.11 bits per heavy atom. The predicted molar refractivity (Wildman–Crippen MR) is 74.6 cm³/mol. The lowest BCUT2D eigenvalue weighted by molar-refractivity contribution is 0.177. The highest BCUT2D eigenvalue weighted by molar-refractivity contribution is 4.77. The summed E-state index contributed by atoms with van der Waals surface area (Å²) in [6.45, 7) is 9.35. The number of imidazole rings is 1. The first-order valence-electron chi connectivity index (χ1n) is 7.27. The van der Waals surface area contributed by atoms with Gasteiger partial charge in [-0.2, -0.15) is 0 Å². The lowest BCUT2D eigenvalue weighted by atomic mass is 9.97. The van der Waals surface area contributed by atoms with Crippen molar-refractivity contribution in [2.75, 3.05) is 32.7 Å². The topological polar surface area (TPSA) is 33.1 Å². The Kier molecular flexibility index (Phi) is 5.68. The molecule has 1 aliphatic rings. The molecule has 102 valence electrons. The van der Waals surface area contributed by atoms with Gasteiger partial charge >= 0.3 is 0 Å². The molecule has 1 saturated heterocycles. The molecular weight excluding hydrogens is 224 g/mol. The molecule has 0 atom stereocenters. The zero-order valence-electron chi connectivity index (χ0n) is 11.5. The lowest BCUT2D eigenvalue weighted by Gasteiger charge is -2.32. The fraction of sp³-hybridized carbons (Fsp3) is 0.786. The second kappa shape index (κ2) is 7.54. The minimum Gasteiger partial charge on any atom is -0.336 e. The molecule has 0 saturated carbocycles. The average Bonchev–Trinajstić information content (AvgIpc) is 2.91. The molecule has 0 aromatic carbocycles. The number of nitrogens with zero attached hydrogens (tertiary/aromatic N) is 3. The minimum absolute atomic E-state index is 0.890. The summed E-state index contributed by atoms with van der Waals surface area (Å²) in [4.78, 5) is 6.66. The van der Waals surface area contributed by atoms with E-state index in [2.05, 4.69) is 26.7 Å². The third-order valence-corrected chi connectivity index (χ3v) is 3.80. The van der Waals surface area contributed by atoms with E-state index in [0.717, 1.165) is 19.0 Å². The van der Waals surface area contributed by atoms with Gasteiger partial charge in [0.05, 0.1) is 6.33 Å². The SMILES string of the molecule is CCCNCC1CCN(CCn2ccnc2)CC1. The third kappa shape index (κ3) is 4.42. The Hall–Kier alpha value is -0.870. The smallest absolute Gasteiger partial charge is 0.0946 e. The van der Waals surface area contributed by atoms with E-state index in [1.54, 1.807) is 0 Å². The van der Waals surface area contributed by atoms with Crippen LogP contribution in [0.3, 0.4) is 0 Å². The van der Waals surface area contributed by atoms with E-state index < -0.39 is 0 Å². The number of aromatic nitrogens is 2. The Morgan fingerprint density at radius 1 is 1.28 bits per heavy atom. The first kappa shape index (κ1) is 13.6. The van der Waals surface area contributed by atoms with E-state index in [0.29, 0.717) is 0 Å². The van der Waals surface area contributed by atoms with E-state index in [1.165, 1.54) is 45.4 Å². The van der Waals surface area contributed by atoms with Gasteiger partial charge < -0.3 is 14.8 Å². The lowest BCUT2D eigenvalue weighted by Crippen LogP contribution is -2.38. The second-order valence-electron chi connectivity index (χ2n) is 5.29. The number of rotatable bonds is 7. The summed E-state index contributed by atoms with van der Waals surface area (Å²) >= 11 is 0. The van der Waals surface area contributed by atoms with E-state index in [4.69, 9.17) is 0 Å². The molecule has 18 heavy (non-hydrogen) atoms. The highest BCUT2D eigenvalue weighted by atomic mass is 15.2. The monoisotopic (exact) mass is 250 g/mol. The number of nitrogens with one attached hydrogen (secondary N) is 1. The molecule has 1 N–H and O–H groups in total. The van der Waals surface area contributed by atoms with Crippen LogP contribution in [0, 0.1) is 5.92 Å². The van der Waals surface area contributed by atoms with Crippen molar-refractivity contribution in [1.82, 2.24) is 19.8 Å². The molecule has 4 heteroatoms. The van der Waals surface area contributed by atoms with Crippen molar-refractivity contribution in [2.45, 2.75) is 32.7 Å². The van der Waals surface area contributed by atoms with Gasteiger partial charge in [0.1, 0.15) is 0 Å². The molecular formula is C14H26N4. The van der Waals surface area contributed by atoms with Crippen molar-refractivity contribution in [3.05, 3.63) is 18.7 Å². The van der Waals surface area contributed by atoms with Gasteiger partial charge in [-0.25, -0.2) is 4.98 Å². The maximum Gasteiger partial charge on any atom is 0.0946 e. The molecule has 0 spiro atoms. The molecule has 0 bridgehead atoms. The summed E-state index contributed by atoms with van der Waals surface area (Å²) < 4.78 is 2.16. The van der Waals surface area contributed by atoms with Crippen molar-refractivity contribution < 1.29 is 0 Å². The van der Waals surface area contributed by atoms with Crippen molar-refractivity contribution in [3.63, 3.8) is 0 Å². The molecule has 0 unspecified atom stereocenters. The Bertz CT molecular complexity index is 302. The summed E-state index contributed by atoms with van der Waals surface area (Å²) in [5.74, 6) is 0.890. The minimum atomic E-state index is 0.890. The maximum absolute atomic E-state index is 4.08. The molecule has 2 rings (SSSR count). The molecule has 1 fully saturated rings. The van der Waals surface area contributed by atoms with Gasteiger partial charge in [0.15, 0.2) is 0 Å². The first-order valence-corrected chi connectivity index (χ1v) is 7.27. The van der Waals surface area contributed by atoms with Gasteiger partial charge in [0, 0.05) is 25.5 Å². The van der Waals surface area contributed by atoms with Gasteiger partial charge in [0.25, 0.3) is 0 Å². The molecule has 1 aliphatic heterocycles. The van der Waals surface area contributed by atoms with Crippen LogP contribution in [0.4, 0.5) is 0 Å². The number of hydrogen-bond acceptors (Lipinski definition) is 3. The summed E-state index contributed by atoms with van der Waals surface area (Å²) in [6.07, 6.45) is 9.74. The van der Waals surface area contributed by atoms with Crippen molar-refractivity contribution in [1.29, 1.82) is 0 Å². The normalized spacial score (nSPS) is 18.3. The van der Waals surface area contributed by atoms with E-state index in [1.807, 2.05) is 18.7 Å². The van der Waals surface area contributed by atoms with Crippen LogP contribution in [-0.2, 0) is 6.54 Å². The molecule has 2 heterocycles. The van der Waals surface area contributed by atoms with E-state index in [-0.39, 0.29) is 0 Å². The van der Waals surface area contributed by atoms with Crippen molar-refractivity contribution in [3.8, 4) is 0 Å². The van der Waals surface area contributed by atoms with Crippen LogP contribution in [0.1, 0.15) is 26.2 Å². The standard InChI is InChI=1S/C14H26N4/c1-2-5-15-12-14-3-7-17(8-4-14)10-11-18-9-6-16-13-18/h6,9,13-15H,2-5,7-8,10-12H2,1H3. The number of piperidine rings is 1. The van der Waals surface area contributed by atoms with Crippen LogP contribution >= 0.6 is 0 Å². The molecule has 0 amide bonds. The third-order valence-electron chi connectivity index (χ3n) is 3.80. The quantitative estimate of drug-likeness (QED) is 0.746. The number of hydrogen-bond donors (Lipinski definition) is 1. The summed E-state index contributed by atoms with van der Waals surface area (Å²) in [7, 11) is 0. The van der Waals surface area contributed by atoms with Crippen LogP contribution < -0.4 is 5.32 Å². The summed E-state index contributed by atoms with van der Waals surface area (Å²) in [6, 6.07) is 0. The van der Waals surface area contributed by atoms with E-state index >= 15 is 0 Å². The molecule has 0 aliphatic carbocycles. The summed E-state index contributed by atoms with van der Waals surface area (Å²) in [5, 5.41) is 3.54. The van der Waals surface area contributed by atoms with Crippen molar-refractivity contribution in [2.24, 2.45) is 5.92 Å². The predicted octanol–water partition coefficient (Wildman–Crippen LogP) is 1.59. The van der Waals surface area contributed by atoms with Gasteiger partial charge in [-0.1, -0.05) is 6.92 Å². The van der Waals surface area contributed by atoms with Crippen LogP contribution in [0.5, 0.6) is 0 Å². The largest absolute Gasteiger partial charge is 0.336 e. The van der Waals surface area contributed by atoms with Crippen LogP contribution in [0.25, 0.3) is 0 Å². The Labute approximate surface area is 110 Å². The van der Waals surface area contributed by atoms with Gasteiger partial charge in [-0.3, -0.25) is 0 Å². The van der Waals surface area contributed by atoms with Gasteiger partial charge in [0.2, 0.25) is 0 Å². The highest BCUT2D eigenvalue weighted by Crippen LogP contribution is 2.16. The van der Waals surface area contributed by atoms with Crippen molar-refractivity contribution >= 4 is 0 Å². The van der Waals surface area contributed by atoms with Gasteiger partial charge in [-0.15, -0.1) is 0 Å². The molecule has 4 nitrogen and oxygen atoms in total. The zero-order valence-corrected chi connectivity index (χ0v) is 11.5. The average molecular weight is 250 g/mol. The zero-order chi connectivity index (χ0) is 12.6.